The van der Waals surface area contributed by atoms with Crippen LogP contribution in [0.1, 0.15) is 27.0 Å². The van der Waals surface area contributed by atoms with Crippen molar-refractivity contribution in [3.8, 4) is 0 Å². The van der Waals surface area contributed by atoms with E-state index in [1.165, 1.54) is 22.5 Å². The number of anilines is 1. The Morgan fingerprint density at radius 2 is 1.78 bits per heavy atom. The van der Waals surface area contributed by atoms with E-state index in [0.717, 1.165) is 23.3 Å². The summed E-state index contributed by atoms with van der Waals surface area (Å²) in [5, 5.41) is 2.89. The van der Waals surface area contributed by atoms with Crippen molar-refractivity contribution >= 4 is 33.4 Å². The summed E-state index contributed by atoms with van der Waals surface area (Å²) in [6.45, 7) is 4.44. The van der Waals surface area contributed by atoms with Crippen molar-refractivity contribution in [1.82, 2.24) is 5.32 Å². The van der Waals surface area contributed by atoms with Crippen molar-refractivity contribution in [1.29, 1.82) is 0 Å². The number of rotatable bonds is 8. The van der Waals surface area contributed by atoms with Crippen LogP contribution in [0.15, 0.2) is 42.5 Å². The second-order valence-electron chi connectivity index (χ2n) is 6.53. The fourth-order valence-corrected chi connectivity index (χ4v) is 3.85. The zero-order chi connectivity index (χ0) is 20.0. The first-order chi connectivity index (χ1) is 12.7. The van der Waals surface area contributed by atoms with Crippen LogP contribution in [0.3, 0.4) is 0 Å². The third-order valence-electron chi connectivity index (χ3n) is 4.23. The highest BCUT2D eigenvalue weighted by Crippen LogP contribution is 2.22. The molecule has 0 bridgehead atoms. The molecule has 0 radical (unpaired) electrons. The first-order valence-corrected chi connectivity index (χ1v) is 11.6. The summed E-state index contributed by atoms with van der Waals surface area (Å²) in [6, 6.07) is 13.5. The maximum absolute atomic E-state index is 12.4. The number of hydrogen-bond donors (Lipinski definition) is 1. The van der Waals surface area contributed by atoms with Gasteiger partial charge in [0.1, 0.15) is 0 Å². The van der Waals surface area contributed by atoms with E-state index in [1.54, 1.807) is 30.0 Å². The molecule has 146 valence electrons. The first-order valence-electron chi connectivity index (χ1n) is 8.64. The van der Waals surface area contributed by atoms with Crippen LogP contribution < -0.4 is 9.62 Å². The van der Waals surface area contributed by atoms with E-state index in [9.17, 15) is 13.2 Å². The molecule has 0 aromatic heterocycles. The summed E-state index contributed by atoms with van der Waals surface area (Å²) < 4.78 is 24.7. The highest BCUT2D eigenvalue weighted by Gasteiger charge is 2.16. The molecule has 0 saturated heterocycles. The van der Waals surface area contributed by atoms with Crippen molar-refractivity contribution in [2.75, 3.05) is 29.9 Å². The number of aryl methyl sites for hydroxylation is 2. The van der Waals surface area contributed by atoms with Crippen LogP contribution in [0.25, 0.3) is 0 Å². The van der Waals surface area contributed by atoms with E-state index >= 15 is 0 Å². The van der Waals surface area contributed by atoms with E-state index in [-0.39, 0.29) is 5.91 Å². The summed E-state index contributed by atoms with van der Waals surface area (Å²) in [4.78, 5) is 12.4. The predicted octanol–water partition coefficient (Wildman–Crippen LogP) is 3.36. The van der Waals surface area contributed by atoms with Gasteiger partial charge in [-0.1, -0.05) is 35.9 Å². The lowest BCUT2D eigenvalue weighted by atomic mass is 10.1. The van der Waals surface area contributed by atoms with E-state index in [0.29, 0.717) is 17.8 Å². The minimum atomic E-state index is -3.38. The Bertz CT molecular complexity index is 894. The quantitative estimate of drug-likeness (QED) is 0.683. The lowest BCUT2D eigenvalue weighted by molar-refractivity contribution is 0.0956. The van der Waals surface area contributed by atoms with Gasteiger partial charge in [-0.05, 0) is 37.1 Å². The van der Waals surface area contributed by atoms with Gasteiger partial charge in [-0.3, -0.25) is 9.10 Å². The molecule has 2 aromatic rings. The molecule has 0 spiro atoms. The largest absolute Gasteiger partial charge is 0.351 e. The van der Waals surface area contributed by atoms with Gasteiger partial charge in [0, 0.05) is 30.7 Å². The molecule has 0 aliphatic heterocycles. The maximum atomic E-state index is 12.4. The highest BCUT2D eigenvalue weighted by molar-refractivity contribution is 7.98. The van der Waals surface area contributed by atoms with Gasteiger partial charge in [-0.15, -0.1) is 0 Å². The van der Waals surface area contributed by atoms with Gasteiger partial charge in [0.2, 0.25) is 10.0 Å². The normalized spacial score (nSPS) is 11.3. The molecule has 0 aliphatic carbocycles. The van der Waals surface area contributed by atoms with Gasteiger partial charge in [0.05, 0.1) is 11.9 Å². The number of nitrogens with zero attached hydrogens (tertiary/aromatic N) is 1. The second-order valence-corrected chi connectivity index (χ2v) is 9.64. The number of benzene rings is 2. The monoisotopic (exact) mass is 406 g/mol. The Morgan fingerprint density at radius 1 is 1.11 bits per heavy atom. The average Bonchev–Trinajstić information content (AvgIpc) is 2.62. The predicted molar refractivity (Wildman–Crippen MR) is 114 cm³/mol. The highest BCUT2D eigenvalue weighted by atomic mass is 32.2. The Labute approximate surface area is 166 Å². The summed E-state index contributed by atoms with van der Waals surface area (Å²) in [6.07, 6.45) is 1.14. The lowest BCUT2D eigenvalue weighted by Gasteiger charge is -2.19. The SMILES string of the molecule is Cc1ccc(CSCCNC(=O)c2ccc(C)c(N(C)S(C)(=O)=O)c2)cc1. The average molecular weight is 407 g/mol. The molecule has 0 fully saturated rings. The Kier molecular flexibility index (Phi) is 7.33. The topological polar surface area (TPSA) is 66.5 Å². The Balaban J connectivity index is 1.87. The number of sulfonamides is 1. The van der Waals surface area contributed by atoms with Crippen LogP contribution in [0, 0.1) is 13.8 Å². The Hall–Kier alpha value is -1.99. The third kappa shape index (κ3) is 6.29. The maximum Gasteiger partial charge on any atom is 0.251 e. The molecule has 0 atom stereocenters. The van der Waals surface area contributed by atoms with Gasteiger partial charge in [0.25, 0.3) is 5.91 Å². The van der Waals surface area contributed by atoms with Gasteiger partial charge in [-0.25, -0.2) is 8.42 Å². The number of nitrogens with one attached hydrogen (secondary N) is 1. The van der Waals surface area contributed by atoms with Crippen LogP contribution in [0.4, 0.5) is 5.69 Å². The van der Waals surface area contributed by atoms with Crippen LogP contribution in [-0.2, 0) is 15.8 Å². The van der Waals surface area contributed by atoms with Gasteiger partial charge < -0.3 is 5.32 Å². The summed E-state index contributed by atoms with van der Waals surface area (Å²) in [5.74, 6) is 1.51. The summed E-state index contributed by atoms with van der Waals surface area (Å²) in [7, 11) is -1.89. The molecule has 1 N–H and O–H groups in total. The van der Waals surface area contributed by atoms with E-state index < -0.39 is 10.0 Å². The van der Waals surface area contributed by atoms with Crippen molar-refractivity contribution in [3.63, 3.8) is 0 Å². The number of thioether (sulfide) groups is 1. The molecule has 2 aromatic carbocycles. The van der Waals surface area contributed by atoms with E-state index in [1.807, 2.05) is 6.92 Å². The Morgan fingerprint density at radius 3 is 2.41 bits per heavy atom. The molecule has 0 saturated carbocycles. The summed E-state index contributed by atoms with van der Waals surface area (Å²) in [5.41, 5.74) is 4.28. The van der Waals surface area contributed by atoms with Gasteiger partial charge >= 0.3 is 0 Å². The van der Waals surface area contributed by atoms with Crippen LogP contribution in [-0.4, -0.2) is 39.9 Å². The van der Waals surface area contributed by atoms with Crippen LogP contribution in [0.5, 0.6) is 0 Å². The standard InChI is InChI=1S/C20H26N2O3S2/c1-15-5-8-17(9-6-15)14-26-12-11-21-20(23)18-10-7-16(2)19(13-18)22(3)27(4,24)25/h5-10,13H,11-12,14H2,1-4H3,(H,21,23). The molecule has 2 rings (SSSR count). The van der Waals surface area contributed by atoms with Crippen molar-refractivity contribution in [2.45, 2.75) is 19.6 Å². The molecule has 0 heterocycles. The zero-order valence-corrected chi connectivity index (χ0v) is 17.8. The molecule has 0 unspecified atom stereocenters. The van der Waals surface area contributed by atoms with Crippen molar-refractivity contribution in [3.05, 3.63) is 64.7 Å². The van der Waals surface area contributed by atoms with Crippen LogP contribution in [0.2, 0.25) is 0 Å². The van der Waals surface area contributed by atoms with Gasteiger partial charge in [-0.2, -0.15) is 11.8 Å². The molecular weight excluding hydrogens is 380 g/mol. The molecule has 5 nitrogen and oxygen atoms in total. The minimum absolute atomic E-state index is 0.200. The summed E-state index contributed by atoms with van der Waals surface area (Å²) >= 11 is 1.76. The first kappa shape index (κ1) is 21.3. The third-order valence-corrected chi connectivity index (χ3v) is 6.45. The zero-order valence-electron chi connectivity index (χ0n) is 16.2. The molecule has 0 aliphatic rings. The minimum Gasteiger partial charge on any atom is -0.351 e. The second kappa shape index (κ2) is 9.28. The number of hydrogen-bond acceptors (Lipinski definition) is 4. The molecule has 7 heteroatoms. The lowest BCUT2D eigenvalue weighted by Crippen LogP contribution is -2.28. The molecule has 1 amide bonds. The molecule has 27 heavy (non-hydrogen) atoms. The van der Waals surface area contributed by atoms with Gasteiger partial charge in [0.15, 0.2) is 0 Å². The number of carbonyl (C=O) groups is 1. The smallest absolute Gasteiger partial charge is 0.251 e. The van der Waals surface area contributed by atoms with Crippen molar-refractivity contribution < 1.29 is 13.2 Å². The van der Waals surface area contributed by atoms with E-state index in [4.69, 9.17) is 0 Å². The molecular formula is C20H26N2O3S2. The fourth-order valence-electron chi connectivity index (χ4n) is 2.48. The number of amides is 1. The number of carbonyl (C=O) groups excluding carboxylic acids is 1. The fraction of sp³-hybridized carbons (Fsp3) is 0.350. The van der Waals surface area contributed by atoms with Crippen molar-refractivity contribution in [2.24, 2.45) is 0 Å². The van der Waals surface area contributed by atoms with E-state index in [2.05, 4.69) is 36.5 Å². The van der Waals surface area contributed by atoms with Crippen LogP contribution >= 0.6 is 11.8 Å².